The number of aromatic nitrogens is 3. The summed E-state index contributed by atoms with van der Waals surface area (Å²) in [7, 11) is 0. The van der Waals surface area contributed by atoms with Crippen LogP contribution in [-0.2, 0) is 15.6 Å². The highest BCUT2D eigenvalue weighted by Gasteiger charge is 2.52. The maximum atomic E-state index is 13.8. The summed E-state index contributed by atoms with van der Waals surface area (Å²) in [5.74, 6) is -1.81. The van der Waals surface area contributed by atoms with E-state index in [1.165, 1.54) is 11.1 Å². The number of nitrogens with one attached hydrogen (secondary N) is 4. The molecule has 6 rings (SSSR count). The van der Waals surface area contributed by atoms with Gasteiger partial charge in [-0.1, -0.05) is 33.4 Å². The number of allylic oxidation sites excluding steroid dienone is 2. The molecule has 0 aromatic carbocycles. The number of fused-ring (bicyclic) bond motifs is 7. The fraction of sp³-hybridized carbons (Fsp3) is 0.303. The molecular formula is C33H35N4O3+. The van der Waals surface area contributed by atoms with Gasteiger partial charge in [0.15, 0.2) is 12.6 Å². The Bertz CT molecular complexity index is 1850. The van der Waals surface area contributed by atoms with Gasteiger partial charge in [0.25, 0.3) is 0 Å². The van der Waals surface area contributed by atoms with Gasteiger partial charge in [-0.3, -0.25) is 9.22 Å². The molecular weight excluding hydrogens is 500 g/mol. The highest BCUT2D eigenvalue weighted by Crippen LogP contribution is 2.46. The van der Waals surface area contributed by atoms with Gasteiger partial charge in [-0.25, -0.2) is 0 Å². The number of carbonyl (C=O) groups is 2. The molecule has 1 aliphatic carbocycles. The van der Waals surface area contributed by atoms with E-state index in [9.17, 15) is 9.59 Å². The first-order valence-corrected chi connectivity index (χ1v) is 13.8. The van der Waals surface area contributed by atoms with Crippen LogP contribution < -0.4 is 16.0 Å². The third-order valence-electron chi connectivity index (χ3n) is 9.25. The molecule has 4 N–H and O–H groups in total. The van der Waals surface area contributed by atoms with E-state index >= 15 is 0 Å². The van der Waals surface area contributed by atoms with Crippen LogP contribution in [0.25, 0.3) is 29.9 Å². The largest absolute Gasteiger partial charge is 0.594 e. The van der Waals surface area contributed by atoms with Crippen molar-refractivity contribution in [2.75, 3.05) is 0 Å². The van der Waals surface area contributed by atoms with Gasteiger partial charge in [0, 0.05) is 72.5 Å². The zero-order valence-corrected chi connectivity index (χ0v) is 23.9. The predicted octanol–water partition coefficient (Wildman–Crippen LogP) is 4.10. The first-order valence-electron chi connectivity index (χ1n) is 13.8. The van der Waals surface area contributed by atoms with Crippen LogP contribution in [0.5, 0.6) is 0 Å². The summed E-state index contributed by atoms with van der Waals surface area (Å²) < 4.78 is 4.90. The van der Waals surface area contributed by atoms with E-state index in [-0.39, 0.29) is 17.6 Å². The quantitative estimate of drug-likeness (QED) is 0.300. The van der Waals surface area contributed by atoms with Crippen molar-refractivity contribution >= 4 is 48.4 Å². The van der Waals surface area contributed by atoms with E-state index in [4.69, 9.17) is 4.42 Å². The van der Waals surface area contributed by atoms with Crippen molar-refractivity contribution in [1.82, 2.24) is 20.3 Å². The lowest BCUT2D eigenvalue weighted by Gasteiger charge is -2.13. The van der Waals surface area contributed by atoms with Crippen molar-refractivity contribution < 1.29 is 14.0 Å². The molecule has 0 radical (unpaired) electrons. The summed E-state index contributed by atoms with van der Waals surface area (Å²) in [5, 5.41) is 5.63. The number of rotatable bonds is 3. The van der Waals surface area contributed by atoms with Crippen molar-refractivity contribution in [2.24, 2.45) is 17.8 Å². The Labute approximate surface area is 233 Å². The molecule has 0 unspecified atom stereocenters. The van der Waals surface area contributed by atoms with Crippen LogP contribution in [0, 0.1) is 38.5 Å². The fourth-order valence-corrected chi connectivity index (χ4v) is 6.69. The second kappa shape index (κ2) is 9.08. The summed E-state index contributed by atoms with van der Waals surface area (Å²) in [5.41, 5.74) is 11.9. The van der Waals surface area contributed by atoms with Gasteiger partial charge in [-0.15, -0.1) is 0 Å². The first-order chi connectivity index (χ1) is 19.1. The van der Waals surface area contributed by atoms with Gasteiger partial charge < -0.3 is 20.3 Å². The molecule has 3 aromatic heterocycles. The number of H-pyrrole nitrogens is 3. The standard InChI is InChI=1S/C33H34N4O3/c1-9-19-16(5)22-11-21-14(3)15(4)30(36-21)28-29(33(39)40-8)32(38)27-18(7)24(37-31(27)28)13-26-20(10-2)17(6)23(35-26)12-25(19)34-22/h9,11-15,29,34-35H,1,8,10H2,2-7H3,(H-,36,37,38)/p+1/b21-11-,23-12-,26-13-/t14-,15-,29+/m0/s1. The summed E-state index contributed by atoms with van der Waals surface area (Å²) in [6.45, 7) is 20.0. The van der Waals surface area contributed by atoms with Gasteiger partial charge in [-0.2, -0.15) is 0 Å². The van der Waals surface area contributed by atoms with Crippen molar-refractivity contribution in [2.45, 2.75) is 48.0 Å². The molecule has 8 bridgehead atoms. The lowest BCUT2D eigenvalue weighted by atomic mass is 9.89. The topological polar surface area (TPSA) is 105 Å². The number of hydrogen-bond donors (Lipinski definition) is 4. The average Bonchev–Trinajstić information content (AvgIpc) is 3.66. The van der Waals surface area contributed by atoms with Gasteiger partial charge in [0.2, 0.25) is 5.92 Å². The molecule has 3 atom stereocenters. The lowest BCUT2D eigenvalue weighted by Crippen LogP contribution is -2.24. The van der Waals surface area contributed by atoms with E-state index in [0.29, 0.717) is 16.8 Å². The SMILES string of the molecule is C=Cc1c2[nH]c(c1C)/C=C1\N/C(=C3\c4[nH]c(c(C)c4C(=O)[C@@H]3C(=O)[O+]=C)/C=c3\[nH]/c(c(C)c3CC)=C\2)[C@@H](C)[C@@H]1C. The molecule has 7 heteroatoms. The van der Waals surface area contributed by atoms with Crippen LogP contribution in [0.2, 0.25) is 0 Å². The molecule has 0 amide bonds. The molecule has 40 heavy (non-hydrogen) atoms. The predicted molar refractivity (Wildman–Crippen MR) is 159 cm³/mol. The molecule has 3 aliphatic rings. The zero-order chi connectivity index (χ0) is 28.6. The number of hydrogen-bond acceptors (Lipinski definition) is 3. The molecule has 5 heterocycles. The highest BCUT2D eigenvalue weighted by molar-refractivity contribution is 6.24. The van der Waals surface area contributed by atoms with Gasteiger partial charge in [-0.05, 0) is 67.7 Å². The van der Waals surface area contributed by atoms with Crippen LogP contribution in [0.15, 0.2) is 18.0 Å². The van der Waals surface area contributed by atoms with E-state index in [2.05, 4.69) is 86.5 Å². The Hall–Kier alpha value is -4.39. The minimum atomic E-state index is -1.06. The minimum absolute atomic E-state index is 0.0342. The summed E-state index contributed by atoms with van der Waals surface area (Å²) in [6, 6.07) is 0. The average molecular weight is 536 g/mol. The third kappa shape index (κ3) is 3.46. The Balaban J connectivity index is 1.75. The molecule has 1 saturated heterocycles. The van der Waals surface area contributed by atoms with E-state index in [0.717, 1.165) is 62.3 Å². The van der Waals surface area contributed by atoms with Crippen molar-refractivity contribution in [3.63, 3.8) is 0 Å². The normalized spacial score (nSPS) is 25.9. The second-order valence-corrected chi connectivity index (χ2v) is 11.2. The smallest absolute Gasteiger partial charge is 0.361 e. The van der Waals surface area contributed by atoms with Gasteiger partial charge in [0.1, 0.15) is 0 Å². The highest BCUT2D eigenvalue weighted by atomic mass is 16.4. The summed E-state index contributed by atoms with van der Waals surface area (Å²) in [6.07, 6.45) is 9.11. The van der Waals surface area contributed by atoms with E-state index < -0.39 is 11.9 Å². The molecule has 1 fully saturated rings. The van der Waals surface area contributed by atoms with Crippen molar-refractivity contribution in [3.05, 3.63) is 84.8 Å². The zero-order valence-electron chi connectivity index (χ0n) is 23.9. The Kier molecular flexibility index (Phi) is 5.87. The van der Waals surface area contributed by atoms with Crippen molar-refractivity contribution in [3.8, 4) is 0 Å². The van der Waals surface area contributed by atoms with Crippen LogP contribution in [0.4, 0.5) is 0 Å². The van der Waals surface area contributed by atoms with Crippen LogP contribution in [0.1, 0.15) is 81.7 Å². The molecule has 0 saturated carbocycles. The Morgan fingerprint density at radius 3 is 2.33 bits per heavy atom. The second-order valence-electron chi connectivity index (χ2n) is 11.2. The van der Waals surface area contributed by atoms with E-state index in [1.807, 2.05) is 13.0 Å². The molecule has 204 valence electrons. The number of aromatic amines is 3. The first kappa shape index (κ1) is 25.9. The van der Waals surface area contributed by atoms with Gasteiger partial charge in [0.05, 0.1) is 5.69 Å². The molecule has 7 nitrogen and oxygen atoms in total. The lowest BCUT2D eigenvalue weighted by molar-refractivity contribution is -0.370. The Morgan fingerprint density at radius 1 is 0.950 bits per heavy atom. The number of carbonyl (C=O) groups excluding carboxylic acids is 3. The fourth-order valence-electron chi connectivity index (χ4n) is 6.69. The van der Waals surface area contributed by atoms with Crippen molar-refractivity contribution in [1.29, 1.82) is 0 Å². The molecule has 2 aliphatic heterocycles. The molecule has 0 spiro atoms. The Morgan fingerprint density at radius 2 is 1.65 bits per heavy atom. The molecule has 3 aromatic rings. The monoisotopic (exact) mass is 535 g/mol. The number of Topliss-reactive ketones (excluding diaryl/α,β-unsaturated/α-hetero) is 1. The number of ketones is 1. The minimum Gasteiger partial charge on any atom is -0.361 e. The van der Waals surface area contributed by atoms with Gasteiger partial charge >= 0.3 is 5.97 Å². The van der Waals surface area contributed by atoms with Crippen LogP contribution in [-0.4, -0.2) is 33.5 Å². The van der Waals surface area contributed by atoms with E-state index in [1.54, 1.807) is 0 Å². The summed E-state index contributed by atoms with van der Waals surface area (Å²) >= 11 is 0. The van der Waals surface area contributed by atoms with Crippen LogP contribution in [0.3, 0.4) is 0 Å². The maximum Gasteiger partial charge on any atom is 0.594 e. The maximum absolute atomic E-state index is 13.8. The third-order valence-corrected chi connectivity index (χ3v) is 9.25. The summed E-state index contributed by atoms with van der Waals surface area (Å²) in [4.78, 5) is 37.6. The van der Waals surface area contributed by atoms with Crippen LogP contribution >= 0.6 is 0 Å².